The summed E-state index contributed by atoms with van der Waals surface area (Å²) in [6.45, 7) is 0. The van der Waals surface area contributed by atoms with Crippen LogP contribution in [0.4, 0.5) is 32.0 Å². The summed E-state index contributed by atoms with van der Waals surface area (Å²) in [5, 5.41) is 0. The van der Waals surface area contributed by atoms with E-state index < -0.39 is 39.2 Å². The molecule has 1 unspecified atom stereocenters. The number of alkyl halides is 6. The molecule has 0 bridgehead atoms. The van der Waals surface area contributed by atoms with E-state index in [0.29, 0.717) is 12.1 Å². The second kappa shape index (κ2) is 5.88. The molecule has 124 valence electrons. The number of nitrogens with two attached hydrogens (primary N) is 1. The molecule has 0 aliphatic carbocycles. The second-order valence-corrected chi connectivity index (χ2v) is 6.06. The minimum Gasteiger partial charge on any atom is -0.399 e. The third kappa shape index (κ3) is 4.04. The van der Waals surface area contributed by atoms with Gasteiger partial charge in [0.25, 0.3) is 0 Å². The average Bonchev–Trinajstić information content (AvgIpc) is 2.44. The van der Waals surface area contributed by atoms with E-state index in [1.54, 1.807) is 0 Å². The van der Waals surface area contributed by atoms with Gasteiger partial charge in [0.2, 0.25) is 0 Å². The summed E-state index contributed by atoms with van der Waals surface area (Å²) in [4.78, 5) is -0.588. The van der Waals surface area contributed by atoms with Crippen molar-refractivity contribution in [2.75, 3.05) is 5.73 Å². The summed E-state index contributed by atoms with van der Waals surface area (Å²) in [6, 6.07) is 6.25. The summed E-state index contributed by atoms with van der Waals surface area (Å²) in [5.74, 6) is 0. The summed E-state index contributed by atoms with van der Waals surface area (Å²) in [7, 11) is -2.23. The van der Waals surface area contributed by atoms with Gasteiger partial charge in [-0.1, -0.05) is 6.07 Å². The highest BCUT2D eigenvalue weighted by Gasteiger charge is 2.37. The largest absolute Gasteiger partial charge is 0.416 e. The predicted molar refractivity (Wildman–Crippen MR) is 72.0 cm³/mol. The molecule has 2 aromatic carbocycles. The molecule has 9 heteroatoms. The highest BCUT2D eigenvalue weighted by molar-refractivity contribution is 7.85. The number of halogens is 6. The number of hydrogen-bond donors (Lipinski definition) is 1. The van der Waals surface area contributed by atoms with Gasteiger partial charge in [-0.2, -0.15) is 26.3 Å². The zero-order chi connectivity index (χ0) is 17.4. The minimum absolute atomic E-state index is 0.0115. The molecule has 2 rings (SSSR count). The van der Waals surface area contributed by atoms with Crippen molar-refractivity contribution in [2.24, 2.45) is 0 Å². The van der Waals surface area contributed by atoms with Crippen LogP contribution in [-0.4, -0.2) is 4.21 Å². The van der Waals surface area contributed by atoms with Gasteiger partial charge in [-0.15, -0.1) is 0 Å². The Morgan fingerprint density at radius 1 is 0.783 bits per heavy atom. The second-order valence-electron chi connectivity index (χ2n) is 4.58. The van der Waals surface area contributed by atoms with Crippen molar-refractivity contribution in [1.29, 1.82) is 0 Å². The molecule has 0 heterocycles. The van der Waals surface area contributed by atoms with E-state index in [-0.39, 0.29) is 16.6 Å². The Morgan fingerprint density at radius 2 is 1.30 bits per heavy atom. The molecule has 0 fully saturated rings. The molecule has 0 aliphatic heterocycles. The summed E-state index contributed by atoms with van der Waals surface area (Å²) < 4.78 is 89.0. The Hall–Kier alpha value is -2.03. The van der Waals surface area contributed by atoms with Crippen LogP contribution in [0.1, 0.15) is 11.1 Å². The van der Waals surface area contributed by atoms with Gasteiger partial charge in [0, 0.05) is 15.5 Å². The van der Waals surface area contributed by atoms with Gasteiger partial charge in [-0.3, -0.25) is 0 Å². The van der Waals surface area contributed by atoms with Crippen LogP contribution in [0.15, 0.2) is 52.3 Å². The first-order valence-corrected chi connectivity index (χ1v) is 7.20. The normalized spacial score (nSPS) is 13.8. The van der Waals surface area contributed by atoms with E-state index in [2.05, 4.69) is 0 Å². The van der Waals surface area contributed by atoms with Gasteiger partial charge in [0.05, 0.1) is 21.9 Å². The van der Waals surface area contributed by atoms with Crippen molar-refractivity contribution >= 4 is 16.5 Å². The zero-order valence-electron chi connectivity index (χ0n) is 11.2. The fraction of sp³-hybridized carbons (Fsp3) is 0.143. The van der Waals surface area contributed by atoms with E-state index in [1.165, 1.54) is 24.3 Å². The van der Waals surface area contributed by atoms with E-state index in [0.717, 1.165) is 0 Å². The van der Waals surface area contributed by atoms with Crippen molar-refractivity contribution in [2.45, 2.75) is 22.1 Å². The fourth-order valence-electron chi connectivity index (χ4n) is 1.80. The molecular weight excluding hydrogens is 344 g/mol. The van der Waals surface area contributed by atoms with Crippen LogP contribution in [0.2, 0.25) is 0 Å². The van der Waals surface area contributed by atoms with Crippen molar-refractivity contribution in [1.82, 2.24) is 0 Å². The Labute approximate surface area is 129 Å². The van der Waals surface area contributed by atoms with Crippen molar-refractivity contribution in [3.8, 4) is 0 Å². The molecule has 0 radical (unpaired) electrons. The van der Waals surface area contributed by atoms with Crippen LogP contribution in [-0.2, 0) is 23.2 Å². The number of hydrogen-bond acceptors (Lipinski definition) is 2. The van der Waals surface area contributed by atoms with Gasteiger partial charge in [0.1, 0.15) is 0 Å². The van der Waals surface area contributed by atoms with Gasteiger partial charge in [0.15, 0.2) is 0 Å². The molecule has 0 amide bonds. The van der Waals surface area contributed by atoms with Crippen LogP contribution in [0, 0.1) is 0 Å². The lowest BCUT2D eigenvalue weighted by atomic mass is 10.1. The molecule has 0 saturated heterocycles. The van der Waals surface area contributed by atoms with Crippen LogP contribution in [0.25, 0.3) is 0 Å². The Balaban J connectivity index is 2.60. The van der Waals surface area contributed by atoms with E-state index >= 15 is 0 Å². The van der Waals surface area contributed by atoms with Crippen molar-refractivity contribution in [3.05, 3.63) is 53.6 Å². The van der Waals surface area contributed by atoms with Crippen molar-refractivity contribution < 1.29 is 30.6 Å². The molecule has 0 aromatic heterocycles. The lowest BCUT2D eigenvalue weighted by Crippen LogP contribution is -2.12. The predicted octanol–water partition coefficient (Wildman–Crippen LogP) is 4.47. The lowest BCUT2D eigenvalue weighted by molar-refractivity contribution is -0.143. The lowest BCUT2D eigenvalue weighted by Gasteiger charge is -2.14. The van der Waals surface area contributed by atoms with Crippen LogP contribution in [0.3, 0.4) is 0 Å². The van der Waals surface area contributed by atoms with Crippen molar-refractivity contribution in [3.63, 3.8) is 0 Å². The third-order valence-corrected chi connectivity index (χ3v) is 4.19. The van der Waals surface area contributed by atoms with Gasteiger partial charge < -0.3 is 5.73 Å². The van der Waals surface area contributed by atoms with E-state index in [1.807, 2.05) is 0 Å². The average molecular weight is 353 g/mol. The maximum Gasteiger partial charge on any atom is 0.416 e. The zero-order valence-corrected chi connectivity index (χ0v) is 12.0. The summed E-state index contributed by atoms with van der Waals surface area (Å²) in [5.41, 5.74) is 2.64. The van der Waals surface area contributed by atoms with Gasteiger partial charge in [-0.25, -0.2) is 4.21 Å². The van der Waals surface area contributed by atoms with Gasteiger partial charge in [-0.05, 0) is 36.4 Å². The third-order valence-electron chi connectivity index (χ3n) is 2.85. The molecular formula is C14H9F6NOS. The first-order chi connectivity index (χ1) is 10.5. The monoisotopic (exact) mass is 353 g/mol. The summed E-state index contributed by atoms with van der Waals surface area (Å²) in [6.07, 6.45) is -9.98. The molecule has 2 aromatic rings. The quantitative estimate of drug-likeness (QED) is 0.639. The standard InChI is InChI=1S/C14H9F6NOS/c15-13(16,17)8-4-9(14(18,19)20)6-12(5-8)23(22)11-3-1-2-10(21)7-11/h1-7H,21H2. The topological polar surface area (TPSA) is 43.1 Å². The first kappa shape index (κ1) is 17.3. The molecule has 0 aliphatic rings. The van der Waals surface area contributed by atoms with Crippen LogP contribution >= 0.6 is 0 Å². The molecule has 0 saturated carbocycles. The van der Waals surface area contributed by atoms with E-state index in [9.17, 15) is 30.6 Å². The first-order valence-electron chi connectivity index (χ1n) is 6.05. The molecule has 0 spiro atoms. The molecule has 2 N–H and O–H groups in total. The Bertz CT molecular complexity index is 721. The number of anilines is 1. The minimum atomic E-state index is -4.99. The molecule has 1 atom stereocenters. The SMILES string of the molecule is Nc1cccc(S(=O)c2cc(C(F)(F)F)cc(C(F)(F)F)c2)c1. The maximum absolute atomic E-state index is 12.8. The Kier molecular flexibility index (Phi) is 4.43. The van der Waals surface area contributed by atoms with Crippen LogP contribution < -0.4 is 5.73 Å². The highest BCUT2D eigenvalue weighted by Crippen LogP contribution is 2.37. The number of rotatable bonds is 2. The van der Waals surface area contributed by atoms with Gasteiger partial charge >= 0.3 is 12.4 Å². The Morgan fingerprint density at radius 3 is 1.74 bits per heavy atom. The smallest absolute Gasteiger partial charge is 0.399 e. The number of benzene rings is 2. The molecule has 2 nitrogen and oxygen atoms in total. The number of nitrogen functional groups attached to an aromatic ring is 1. The highest BCUT2D eigenvalue weighted by atomic mass is 32.2. The molecule has 23 heavy (non-hydrogen) atoms. The maximum atomic E-state index is 12.8. The summed E-state index contributed by atoms with van der Waals surface area (Å²) >= 11 is 0. The van der Waals surface area contributed by atoms with E-state index in [4.69, 9.17) is 5.73 Å². The van der Waals surface area contributed by atoms with Crippen LogP contribution in [0.5, 0.6) is 0 Å². The fourth-order valence-corrected chi connectivity index (χ4v) is 2.98.